The Morgan fingerprint density at radius 1 is 1.30 bits per heavy atom. The van der Waals surface area contributed by atoms with Crippen LogP contribution >= 0.6 is 15.9 Å². The summed E-state index contributed by atoms with van der Waals surface area (Å²) in [6, 6.07) is 12.1. The summed E-state index contributed by atoms with van der Waals surface area (Å²) in [6.45, 7) is 1.90. The highest BCUT2D eigenvalue weighted by Gasteiger charge is 2.10. The van der Waals surface area contributed by atoms with Crippen LogP contribution in [0.2, 0.25) is 0 Å². The fourth-order valence-corrected chi connectivity index (χ4v) is 2.75. The van der Waals surface area contributed by atoms with E-state index in [1.165, 1.54) is 25.3 Å². The van der Waals surface area contributed by atoms with Crippen LogP contribution in [0.1, 0.15) is 24.1 Å². The van der Waals surface area contributed by atoms with Crippen molar-refractivity contribution in [3.05, 3.63) is 70.0 Å². The monoisotopic (exact) mass is 377 g/mol. The Balaban J connectivity index is 2.02. The van der Waals surface area contributed by atoms with Gasteiger partial charge in [-0.1, -0.05) is 40.2 Å². The van der Waals surface area contributed by atoms with Gasteiger partial charge in [0.05, 0.1) is 13.2 Å². The molecule has 120 valence electrons. The predicted molar refractivity (Wildman–Crippen MR) is 92.7 cm³/mol. The van der Waals surface area contributed by atoms with E-state index in [4.69, 9.17) is 4.74 Å². The lowest BCUT2D eigenvalue weighted by molar-refractivity contribution is -0.117. The summed E-state index contributed by atoms with van der Waals surface area (Å²) in [7, 11) is 1.41. The van der Waals surface area contributed by atoms with Crippen molar-refractivity contribution >= 4 is 27.9 Å². The number of rotatable bonds is 5. The summed E-state index contributed by atoms with van der Waals surface area (Å²) in [4.78, 5) is 12.0. The zero-order valence-corrected chi connectivity index (χ0v) is 14.4. The first kappa shape index (κ1) is 17.2. The molecule has 0 saturated heterocycles. The average molecular weight is 378 g/mol. The molecule has 0 aromatic heterocycles. The van der Waals surface area contributed by atoms with E-state index in [-0.39, 0.29) is 17.7 Å². The maximum Gasteiger partial charge on any atom is 0.244 e. The molecule has 0 fully saturated rings. The highest BCUT2D eigenvalue weighted by atomic mass is 79.9. The summed E-state index contributed by atoms with van der Waals surface area (Å²) in [5.74, 6) is -0.532. The van der Waals surface area contributed by atoms with Gasteiger partial charge in [-0.3, -0.25) is 4.79 Å². The number of benzene rings is 2. The van der Waals surface area contributed by atoms with Crippen molar-refractivity contribution in [3.8, 4) is 5.75 Å². The minimum Gasteiger partial charge on any atom is -0.494 e. The van der Waals surface area contributed by atoms with Crippen molar-refractivity contribution in [1.82, 2.24) is 5.32 Å². The van der Waals surface area contributed by atoms with Crippen LogP contribution < -0.4 is 10.1 Å². The van der Waals surface area contributed by atoms with Crippen LogP contribution in [0.5, 0.6) is 5.75 Å². The molecule has 0 spiro atoms. The molecule has 0 saturated carbocycles. The van der Waals surface area contributed by atoms with E-state index in [0.717, 1.165) is 10.0 Å². The third-order valence-electron chi connectivity index (χ3n) is 3.33. The van der Waals surface area contributed by atoms with E-state index in [0.29, 0.717) is 5.56 Å². The second-order valence-corrected chi connectivity index (χ2v) is 5.83. The zero-order chi connectivity index (χ0) is 16.8. The number of ether oxygens (including phenoxy) is 1. The van der Waals surface area contributed by atoms with E-state index in [2.05, 4.69) is 21.2 Å². The smallest absolute Gasteiger partial charge is 0.244 e. The summed E-state index contributed by atoms with van der Waals surface area (Å²) in [5, 5.41) is 2.87. The quantitative estimate of drug-likeness (QED) is 0.779. The van der Waals surface area contributed by atoms with Crippen LogP contribution in [-0.2, 0) is 4.79 Å². The SMILES string of the molecule is COc1ccc(/C=C/C(=O)NC(C)c2ccccc2Br)cc1F. The van der Waals surface area contributed by atoms with Gasteiger partial charge in [0.25, 0.3) is 0 Å². The van der Waals surface area contributed by atoms with E-state index in [9.17, 15) is 9.18 Å². The summed E-state index contributed by atoms with van der Waals surface area (Å²) in [5.41, 5.74) is 1.58. The summed E-state index contributed by atoms with van der Waals surface area (Å²) in [6.07, 6.45) is 2.94. The van der Waals surface area contributed by atoms with Crippen molar-refractivity contribution in [2.24, 2.45) is 0 Å². The number of hydrogen-bond donors (Lipinski definition) is 1. The molecule has 1 amide bonds. The first-order chi connectivity index (χ1) is 11.0. The van der Waals surface area contributed by atoms with Crippen molar-refractivity contribution in [2.45, 2.75) is 13.0 Å². The lowest BCUT2D eigenvalue weighted by atomic mass is 10.1. The minimum absolute atomic E-state index is 0.143. The fraction of sp³-hybridized carbons (Fsp3) is 0.167. The summed E-state index contributed by atoms with van der Waals surface area (Å²) >= 11 is 3.46. The fourth-order valence-electron chi connectivity index (χ4n) is 2.12. The largest absolute Gasteiger partial charge is 0.494 e. The molecule has 0 aliphatic carbocycles. The number of methoxy groups -OCH3 is 1. The Bertz CT molecular complexity index is 731. The van der Waals surface area contributed by atoms with Gasteiger partial charge in [-0.25, -0.2) is 4.39 Å². The molecule has 1 unspecified atom stereocenters. The molecule has 23 heavy (non-hydrogen) atoms. The van der Waals surface area contributed by atoms with E-state index in [1.54, 1.807) is 12.1 Å². The van der Waals surface area contributed by atoms with Crippen LogP contribution in [0, 0.1) is 5.82 Å². The van der Waals surface area contributed by atoms with Crippen molar-refractivity contribution in [2.75, 3.05) is 7.11 Å². The van der Waals surface area contributed by atoms with E-state index in [1.807, 2.05) is 31.2 Å². The average Bonchev–Trinajstić information content (AvgIpc) is 2.53. The first-order valence-electron chi connectivity index (χ1n) is 7.08. The van der Waals surface area contributed by atoms with Crippen LogP contribution in [0.4, 0.5) is 4.39 Å². The number of carbonyl (C=O) groups excluding carboxylic acids is 1. The minimum atomic E-state index is -0.461. The molecule has 0 heterocycles. The Kier molecular flexibility index (Phi) is 5.93. The Morgan fingerprint density at radius 2 is 2.04 bits per heavy atom. The Labute approximate surface area is 143 Å². The molecular formula is C18H17BrFNO2. The van der Waals surface area contributed by atoms with Crippen LogP contribution in [-0.4, -0.2) is 13.0 Å². The molecule has 1 N–H and O–H groups in total. The molecule has 0 radical (unpaired) electrons. The number of nitrogens with one attached hydrogen (secondary N) is 1. The molecule has 2 rings (SSSR count). The van der Waals surface area contributed by atoms with Gasteiger partial charge >= 0.3 is 0 Å². The second kappa shape index (κ2) is 7.92. The van der Waals surface area contributed by atoms with Crippen LogP contribution in [0.15, 0.2) is 53.0 Å². The summed E-state index contributed by atoms with van der Waals surface area (Å²) < 4.78 is 19.4. The molecule has 0 aliphatic heterocycles. The molecular weight excluding hydrogens is 361 g/mol. The molecule has 0 aliphatic rings. The number of halogens is 2. The van der Waals surface area contributed by atoms with Gasteiger partial charge in [-0.2, -0.15) is 0 Å². The zero-order valence-electron chi connectivity index (χ0n) is 12.8. The molecule has 5 heteroatoms. The van der Waals surface area contributed by atoms with Gasteiger partial charge in [0.2, 0.25) is 5.91 Å². The predicted octanol–water partition coefficient (Wildman–Crippen LogP) is 4.49. The topological polar surface area (TPSA) is 38.3 Å². The normalized spacial score (nSPS) is 12.2. The van der Waals surface area contributed by atoms with E-state index < -0.39 is 5.82 Å². The van der Waals surface area contributed by atoms with Crippen molar-refractivity contribution in [3.63, 3.8) is 0 Å². The van der Waals surface area contributed by atoms with E-state index >= 15 is 0 Å². The van der Waals surface area contributed by atoms with Gasteiger partial charge in [0.1, 0.15) is 0 Å². The maximum absolute atomic E-state index is 13.6. The van der Waals surface area contributed by atoms with Crippen LogP contribution in [0.3, 0.4) is 0 Å². The lowest BCUT2D eigenvalue weighted by Crippen LogP contribution is -2.24. The van der Waals surface area contributed by atoms with Gasteiger partial charge in [0, 0.05) is 10.5 Å². The van der Waals surface area contributed by atoms with Crippen molar-refractivity contribution < 1.29 is 13.9 Å². The first-order valence-corrected chi connectivity index (χ1v) is 7.87. The van der Waals surface area contributed by atoms with Gasteiger partial charge < -0.3 is 10.1 Å². The number of hydrogen-bond acceptors (Lipinski definition) is 2. The molecule has 0 bridgehead atoms. The second-order valence-electron chi connectivity index (χ2n) is 4.98. The highest BCUT2D eigenvalue weighted by molar-refractivity contribution is 9.10. The van der Waals surface area contributed by atoms with Crippen molar-refractivity contribution in [1.29, 1.82) is 0 Å². The third-order valence-corrected chi connectivity index (χ3v) is 4.06. The van der Waals surface area contributed by atoms with Gasteiger partial charge in [0.15, 0.2) is 11.6 Å². The standard InChI is InChI=1S/C18H17BrFNO2/c1-12(14-5-3-4-6-15(14)19)21-18(22)10-8-13-7-9-17(23-2)16(20)11-13/h3-12H,1-2H3,(H,21,22)/b10-8+. The third kappa shape index (κ3) is 4.66. The highest BCUT2D eigenvalue weighted by Crippen LogP contribution is 2.22. The van der Waals surface area contributed by atoms with Crippen LogP contribution in [0.25, 0.3) is 6.08 Å². The molecule has 1 atom stereocenters. The number of carbonyl (C=O) groups is 1. The molecule has 2 aromatic rings. The van der Waals surface area contributed by atoms with Gasteiger partial charge in [-0.05, 0) is 42.3 Å². The van der Waals surface area contributed by atoms with Gasteiger partial charge in [-0.15, -0.1) is 0 Å². The Morgan fingerprint density at radius 3 is 2.70 bits per heavy atom. The Hall–Kier alpha value is -2.14. The molecule has 3 nitrogen and oxygen atoms in total. The molecule has 2 aromatic carbocycles. The maximum atomic E-state index is 13.6. The lowest BCUT2D eigenvalue weighted by Gasteiger charge is -2.14. The number of amides is 1.